The highest BCUT2D eigenvalue weighted by Crippen LogP contribution is 2.29. The summed E-state index contributed by atoms with van der Waals surface area (Å²) in [5.74, 6) is -0.226. The molecular weight excluding hydrogens is 422 g/mol. The summed E-state index contributed by atoms with van der Waals surface area (Å²) in [7, 11) is -2.26. The summed E-state index contributed by atoms with van der Waals surface area (Å²) in [4.78, 5) is 12.1. The average Bonchev–Trinajstić information content (AvgIpc) is 2.59. The zero-order valence-corrected chi connectivity index (χ0v) is 16.6. The van der Waals surface area contributed by atoms with Gasteiger partial charge in [-0.15, -0.1) is 0 Å². The molecule has 0 bridgehead atoms. The van der Waals surface area contributed by atoms with Crippen molar-refractivity contribution in [1.29, 1.82) is 0 Å². The van der Waals surface area contributed by atoms with Gasteiger partial charge in [0.25, 0.3) is 5.91 Å². The summed E-state index contributed by atoms with van der Waals surface area (Å²) in [6.07, 6.45) is 2.49. The van der Waals surface area contributed by atoms with Crippen molar-refractivity contribution in [1.82, 2.24) is 5.43 Å². The molecule has 0 saturated heterocycles. The molecule has 1 amide bonds. The summed E-state index contributed by atoms with van der Waals surface area (Å²) in [5, 5.41) is 3.86. The van der Waals surface area contributed by atoms with Crippen LogP contribution in [0.3, 0.4) is 0 Å². The topological polar surface area (TPSA) is 88.1 Å². The smallest absolute Gasteiger partial charge is 0.260 e. The lowest BCUT2D eigenvalue weighted by atomic mass is 10.2. The van der Waals surface area contributed by atoms with Gasteiger partial charge >= 0.3 is 0 Å². The minimum absolute atomic E-state index is 0.281. The van der Waals surface area contributed by atoms with Gasteiger partial charge in [-0.25, -0.2) is 13.8 Å². The van der Waals surface area contributed by atoms with Gasteiger partial charge in [0, 0.05) is 4.47 Å². The highest BCUT2D eigenvalue weighted by molar-refractivity contribution is 9.10. The summed E-state index contributed by atoms with van der Waals surface area (Å²) in [6, 6.07) is 13.9. The van der Waals surface area contributed by atoms with Crippen LogP contribution < -0.4 is 14.5 Å². The Balaban J connectivity index is 2.12. The number of methoxy groups -OCH3 is 1. The number of hydrogen-bond donors (Lipinski definition) is 1. The van der Waals surface area contributed by atoms with Gasteiger partial charge in [0.1, 0.15) is 12.3 Å². The second-order valence-corrected chi connectivity index (χ2v) is 8.11. The number of hydrazone groups is 1. The number of nitrogens with zero attached hydrogens (tertiary/aromatic N) is 2. The van der Waals surface area contributed by atoms with Crippen LogP contribution in [0.5, 0.6) is 5.75 Å². The third kappa shape index (κ3) is 5.57. The first-order chi connectivity index (χ1) is 12.3. The Morgan fingerprint density at radius 2 is 2.00 bits per heavy atom. The lowest BCUT2D eigenvalue weighted by Gasteiger charge is -2.23. The van der Waals surface area contributed by atoms with Crippen molar-refractivity contribution in [3.63, 3.8) is 0 Å². The lowest BCUT2D eigenvalue weighted by Crippen LogP contribution is -2.39. The molecule has 138 valence electrons. The number of halogens is 1. The first-order valence-corrected chi connectivity index (χ1v) is 10.1. The van der Waals surface area contributed by atoms with E-state index in [0.717, 1.165) is 20.6 Å². The Morgan fingerprint density at radius 3 is 2.65 bits per heavy atom. The number of benzene rings is 2. The summed E-state index contributed by atoms with van der Waals surface area (Å²) in [6.45, 7) is -0.422. The summed E-state index contributed by atoms with van der Waals surface area (Å²) >= 11 is 3.34. The van der Waals surface area contributed by atoms with Gasteiger partial charge in [-0.3, -0.25) is 9.10 Å². The van der Waals surface area contributed by atoms with Gasteiger partial charge < -0.3 is 4.74 Å². The largest absolute Gasteiger partial charge is 0.495 e. The number of carbonyl (C=O) groups is 1. The highest BCUT2D eigenvalue weighted by atomic mass is 79.9. The fourth-order valence-corrected chi connectivity index (χ4v) is 3.43. The van der Waals surface area contributed by atoms with E-state index in [1.54, 1.807) is 24.3 Å². The molecule has 0 radical (unpaired) electrons. The van der Waals surface area contributed by atoms with Crippen LogP contribution in [0.4, 0.5) is 5.69 Å². The van der Waals surface area contributed by atoms with Crippen molar-refractivity contribution in [2.75, 3.05) is 24.2 Å². The van der Waals surface area contributed by atoms with Crippen molar-refractivity contribution in [2.45, 2.75) is 0 Å². The maximum Gasteiger partial charge on any atom is 0.260 e. The Hall–Kier alpha value is -2.39. The Morgan fingerprint density at radius 1 is 1.27 bits per heavy atom. The van der Waals surface area contributed by atoms with E-state index in [9.17, 15) is 13.2 Å². The molecule has 1 N–H and O–H groups in total. The molecule has 0 fully saturated rings. The normalized spacial score (nSPS) is 11.3. The van der Waals surface area contributed by atoms with E-state index >= 15 is 0 Å². The molecule has 0 unspecified atom stereocenters. The zero-order chi connectivity index (χ0) is 19.2. The molecule has 7 nitrogen and oxygen atoms in total. The number of hydrogen-bond acceptors (Lipinski definition) is 5. The van der Waals surface area contributed by atoms with Gasteiger partial charge in [-0.2, -0.15) is 5.10 Å². The molecule has 0 aliphatic rings. The summed E-state index contributed by atoms with van der Waals surface area (Å²) < 4.78 is 31.3. The number of anilines is 1. The second kappa shape index (κ2) is 8.81. The Kier molecular flexibility index (Phi) is 6.76. The molecule has 0 aliphatic heterocycles. The first kappa shape index (κ1) is 19.9. The molecule has 0 aromatic heterocycles. The third-order valence-electron chi connectivity index (χ3n) is 3.29. The highest BCUT2D eigenvalue weighted by Gasteiger charge is 2.23. The maximum absolute atomic E-state index is 12.1. The second-order valence-electron chi connectivity index (χ2n) is 5.29. The van der Waals surface area contributed by atoms with Gasteiger partial charge in [-0.1, -0.05) is 40.2 Å². The van der Waals surface area contributed by atoms with Crippen LogP contribution >= 0.6 is 15.9 Å². The van der Waals surface area contributed by atoms with Gasteiger partial charge in [0.2, 0.25) is 10.0 Å². The number of carbonyl (C=O) groups excluding carboxylic acids is 1. The molecule has 0 spiro atoms. The van der Waals surface area contributed by atoms with E-state index in [1.165, 1.54) is 13.3 Å². The van der Waals surface area contributed by atoms with Crippen LogP contribution in [0.25, 0.3) is 0 Å². The van der Waals surface area contributed by atoms with Crippen LogP contribution in [0.15, 0.2) is 58.1 Å². The number of ether oxygens (including phenoxy) is 1. The van der Waals surface area contributed by atoms with Gasteiger partial charge in [-0.05, 0) is 29.8 Å². The van der Waals surface area contributed by atoms with Crippen molar-refractivity contribution < 1.29 is 17.9 Å². The van der Waals surface area contributed by atoms with Crippen LogP contribution in [-0.4, -0.2) is 40.4 Å². The average molecular weight is 440 g/mol. The van der Waals surface area contributed by atoms with E-state index in [0.29, 0.717) is 5.75 Å². The zero-order valence-electron chi connectivity index (χ0n) is 14.2. The Bertz CT molecular complexity index is 916. The molecule has 2 rings (SSSR count). The van der Waals surface area contributed by atoms with E-state index < -0.39 is 22.5 Å². The van der Waals surface area contributed by atoms with E-state index in [2.05, 4.69) is 26.5 Å². The first-order valence-electron chi connectivity index (χ1n) is 7.49. The molecule has 0 heterocycles. The van der Waals surface area contributed by atoms with Crippen LogP contribution in [0.1, 0.15) is 5.56 Å². The molecule has 0 aliphatic carbocycles. The van der Waals surface area contributed by atoms with E-state index in [4.69, 9.17) is 4.74 Å². The lowest BCUT2D eigenvalue weighted by molar-refractivity contribution is -0.119. The quantitative estimate of drug-likeness (QED) is 0.529. The number of amides is 1. The van der Waals surface area contributed by atoms with E-state index in [1.807, 2.05) is 24.3 Å². The third-order valence-corrected chi connectivity index (χ3v) is 4.91. The Labute approximate surface area is 160 Å². The fourth-order valence-electron chi connectivity index (χ4n) is 2.15. The van der Waals surface area contributed by atoms with Crippen molar-refractivity contribution >= 4 is 43.8 Å². The molecular formula is C17H18BrN3O4S. The van der Waals surface area contributed by atoms with Crippen molar-refractivity contribution in [2.24, 2.45) is 5.10 Å². The molecule has 0 atom stereocenters. The molecule has 0 saturated carbocycles. The standard InChI is InChI=1S/C17H18BrN3O4S/c1-25-16-9-4-3-8-15(16)21(26(2,23)24)12-17(22)20-19-11-13-6-5-7-14(18)10-13/h3-11H,12H2,1-2H3,(H,20,22). The monoisotopic (exact) mass is 439 g/mol. The molecule has 2 aromatic rings. The van der Waals surface area contributed by atoms with Crippen LogP contribution in [0, 0.1) is 0 Å². The molecule has 26 heavy (non-hydrogen) atoms. The fraction of sp³-hybridized carbons (Fsp3) is 0.176. The van der Waals surface area contributed by atoms with Crippen molar-refractivity contribution in [3.05, 3.63) is 58.6 Å². The predicted octanol–water partition coefficient (Wildman–Crippen LogP) is 2.37. The minimum atomic E-state index is -3.69. The maximum atomic E-state index is 12.1. The molecule has 2 aromatic carbocycles. The van der Waals surface area contributed by atoms with Gasteiger partial charge in [0.05, 0.1) is 25.3 Å². The minimum Gasteiger partial charge on any atom is -0.495 e. The number of para-hydroxylation sites is 2. The van der Waals surface area contributed by atoms with Crippen molar-refractivity contribution in [3.8, 4) is 5.75 Å². The number of rotatable bonds is 7. The summed E-state index contributed by atoms with van der Waals surface area (Å²) in [5.41, 5.74) is 3.39. The van der Waals surface area contributed by atoms with Crippen LogP contribution in [0.2, 0.25) is 0 Å². The SMILES string of the molecule is COc1ccccc1N(CC(=O)NN=Cc1cccc(Br)c1)S(C)(=O)=O. The number of nitrogens with one attached hydrogen (secondary N) is 1. The van der Waals surface area contributed by atoms with Crippen LogP contribution in [-0.2, 0) is 14.8 Å². The molecule has 9 heteroatoms. The van der Waals surface area contributed by atoms with Gasteiger partial charge in [0.15, 0.2) is 0 Å². The van der Waals surface area contributed by atoms with E-state index in [-0.39, 0.29) is 5.69 Å². The predicted molar refractivity (Wildman–Crippen MR) is 105 cm³/mol. The number of sulfonamides is 1.